The summed E-state index contributed by atoms with van der Waals surface area (Å²) in [5, 5.41) is 0. The Labute approximate surface area is 140 Å². The molecule has 0 saturated carbocycles. The summed E-state index contributed by atoms with van der Waals surface area (Å²) in [6.45, 7) is 22.1. The highest BCUT2D eigenvalue weighted by atomic mass is 14.0. The zero-order valence-electron chi connectivity index (χ0n) is 16.2. The second kappa shape index (κ2) is 14.6. The van der Waals surface area contributed by atoms with E-state index in [1.807, 2.05) is 13.8 Å². The highest BCUT2D eigenvalue weighted by Crippen LogP contribution is 2.14. The largest absolute Gasteiger partial charge is 0.100 e. The Bertz CT molecular complexity index is 420. The molecule has 0 bridgehead atoms. The van der Waals surface area contributed by atoms with Crippen LogP contribution in [0.2, 0.25) is 0 Å². The number of hydrogen-bond donors (Lipinski definition) is 0. The van der Waals surface area contributed by atoms with Gasteiger partial charge in [0, 0.05) is 0 Å². The van der Waals surface area contributed by atoms with Crippen molar-refractivity contribution in [1.82, 2.24) is 0 Å². The van der Waals surface area contributed by atoms with Crippen molar-refractivity contribution in [2.75, 3.05) is 0 Å². The first-order valence-corrected chi connectivity index (χ1v) is 8.63. The third kappa shape index (κ3) is 15.1. The number of rotatable bonds is 5. The standard InChI is InChI=1S/C12H18.C6H12.C4H8/c1-4-6-12-8-7-10(3)9-11(12)5-2;1-4-5-6(2)3;1-4(2)3/h7-9H,4-6H2,1-3H3;2,4-5H2,1,3H3;1H2,2-3H3. The molecule has 0 atom stereocenters. The molecule has 0 aliphatic rings. The van der Waals surface area contributed by atoms with E-state index in [1.165, 1.54) is 53.5 Å². The van der Waals surface area contributed by atoms with Crippen LogP contribution in [0.3, 0.4) is 0 Å². The molecule has 0 N–H and O–H groups in total. The van der Waals surface area contributed by atoms with Crippen molar-refractivity contribution in [2.24, 2.45) is 0 Å². The fourth-order valence-electron chi connectivity index (χ4n) is 2.02. The molecule has 126 valence electrons. The molecule has 0 radical (unpaired) electrons. The van der Waals surface area contributed by atoms with Gasteiger partial charge >= 0.3 is 0 Å². The fourth-order valence-corrected chi connectivity index (χ4v) is 2.02. The topological polar surface area (TPSA) is 0 Å². The molecular formula is C22H38. The van der Waals surface area contributed by atoms with Crippen LogP contribution in [0.4, 0.5) is 0 Å². The lowest BCUT2D eigenvalue weighted by atomic mass is 9.99. The predicted octanol–water partition coefficient (Wildman–Crippen LogP) is 7.45. The molecule has 0 heterocycles. The van der Waals surface area contributed by atoms with Crippen LogP contribution in [0.15, 0.2) is 42.5 Å². The quantitative estimate of drug-likeness (QED) is 0.495. The summed E-state index contributed by atoms with van der Waals surface area (Å²) < 4.78 is 0. The van der Waals surface area contributed by atoms with Gasteiger partial charge in [-0.15, -0.1) is 13.2 Å². The van der Waals surface area contributed by atoms with Crippen LogP contribution in [0, 0.1) is 6.92 Å². The van der Waals surface area contributed by atoms with E-state index >= 15 is 0 Å². The van der Waals surface area contributed by atoms with Gasteiger partial charge in [-0.25, -0.2) is 0 Å². The first kappa shape index (κ1) is 23.0. The van der Waals surface area contributed by atoms with Crippen LogP contribution in [0.1, 0.15) is 77.5 Å². The number of aryl methyl sites for hydroxylation is 3. The lowest BCUT2D eigenvalue weighted by Crippen LogP contribution is -1.92. The van der Waals surface area contributed by atoms with E-state index in [2.05, 4.69) is 66.0 Å². The molecule has 0 aliphatic carbocycles. The van der Waals surface area contributed by atoms with Crippen molar-refractivity contribution >= 4 is 0 Å². The number of hydrogen-bond acceptors (Lipinski definition) is 0. The van der Waals surface area contributed by atoms with Crippen LogP contribution in [0.25, 0.3) is 0 Å². The second-order valence-corrected chi connectivity index (χ2v) is 6.29. The van der Waals surface area contributed by atoms with Crippen molar-refractivity contribution in [1.29, 1.82) is 0 Å². The van der Waals surface area contributed by atoms with E-state index in [0.717, 1.165) is 6.42 Å². The SMILES string of the molecule is C=C(C)C.C=C(C)CCC.CCCc1ccc(C)cc1CC. The summed E-state index contributed by atoms with van der Waals surface area (Å²) in [5.41, 5.74) is 6.90. The van der Waals surface area contributed by atoms with Crippen molar-refractivity contribution in [3.8, 4) is 0 Å². The maximum absolute atomic E-state index is 3.74. The highest BCUT2D eigenvalue weighted by molar-refractivity contribution is 5.31. The van der Waals surface area contributed by atoms with E-state index < -0.39 is 0 Å². The average molecular weight is 303 g/mol. The number of allylic oxidation sites excluding steroid dienone is 2. The minimum absolute atomic E-state index is 1.16. The zero-order chi connectivity index (χ0) is 17.5. The summed E-state index contributed by atoms with van der Waals surface area (Å²) in [7, 11) is 0. The highest BCUT2D eigenvalue weighted by Gasteiger charge is 1.98. The van der Waals surface area contributed by atoms with Gasteiger partial charge in [-0.3, -0.25) is 0 Å². The molecule has 1 aromatic carbocycles. The Morgan fingerprint density at radius 2 is 1.45 bits per heavy atom. The molecular weight excluding hydrogens is 264 g/mol. The molecule has 22 heavy (non-hydrogen) atoms. The molecule has 0 fully saturated rings. The lowest BCUT2D eigenvalue weighted by Gasteiger charge is -2.07. The van der Waals surface area contributed by atoms with Gasteiger partial charge in [-0.1, -0.05) is 68.5 Å². The normalized spacial score (nSPS) is 9.05. The molecule has 0 heteroatoms. The Morgan fingerprint density at radius 3 is 1.77 bits per heavy atom. The first-order valence-electron chi connectivity index (χ1n) is 8.63. The van der Waals surface area contributed by atoms with E-state index in [9.17, 15) is 0 Å². The van der Waals surface area contributed by atoms with E-state index in [1.54, 1.807) is 0 Å². The molecule has 0 amide bonds. The smallest absolute Gasteiger partial charge is 0.0279 e. The molecule has 1 aromatic rings. The Morgan fingerprint density at radius 1 is 0.909 bits per heavy atom. The lowest BCUT2D eigenvalue weighted by molar-refractivity contribution is 0.898. The summed E-state index contributed by atoms with van der Waals surface area (Å²) in [6, 6.07) is 6.80. The van der Waals surface area contributed by atoms with Gasteiger partial charge in [0.05, 0.1) is 0 Å². The molecule has 1 rings (SSSR count). The van der Waals surface area contributed by atoms with E-state index in [0.29, 0.717) is 0 Å². The van der Waals surface area contributed by atoms with Gasteiger partial charge in [0.25, 0.3) is 0 Å². The third-order valence-electron chi connectivity index (χ3n) is 2.94. The summed E-state index contributed by atoms with van der Waals surface area (Å²) in [5.74, 6) is 0. The zero-order valence-corrected chi connectivity index (χ0v) is 16.2. The monoisotopic (exact) mass is 302 g/mol. The van der Waals surface area contributed by atoms with E-state index in [-0.39, 0.29) is 0 Å². The van der Waals surface area contributed by atoms with Crippen molar-refractivity contribution in [3.63, 3.8) is 0 Å². The van der Waals surface area contributed by atoms with Gasteiger partial charge in [0.1, 0.15) is 0 Å². The summed E-state index contributed by atoms with van der Waals surface area (Å²) in [6.07, 6.45) is 6.05. The van der Waals surface area contributed by atoms with Gasteiger partial charge in [0.15, 0.2) is 0 Å². The number of benzene rings is 1. The van der Waals surface area contributed by atoms with Crippen molar-refractivity contribution in [2.45, 2.75) is 80.6 Å². The maximum Gasteiger partial charge on any atom is -0.0279 e. The van der Waals surface area contributed by atoms with Crippen LogP contribution >= 0.6 is 0 Å². The van der Waals surface area contributed by atoms with Crippen LogP contribution < -0.4 is 0 Å². The maximum atomic E-state index is 3.74. The Hall–Kier alpha value is -1.30. The van der Waals surface area contributed by atoms with Crippen molar-refractivity contribution in [3.05, 3.63) is 59.2 Å². The molecule has 0 nitrogen and oxygen atoms in total. The summed E-state index contributed by atoms with van der Waals surface area (Å²) in [4.78, 5) is 0. The minimum Gasteiger partial charge on any atom is -0.100 e. The van der Waals surface area contributed by atoms with Crippen LogP contribution in [-0.2, 0) is 12.8 Å². The van der Waals surface area contributed by atoms with Crippen LogP contribution in [0.5, 0.6) is 0 Å². The molecule has 0 unspecified atom stereocenters. The third-order valence-corrected chi connectivity index (χ3v) is 2.94. The van der Waals surface area contributed by atoms with Gasteiger partial charge in [0.2, 0.25) is 0 Å². The average Bonchev–Trinajstić information content (AvgIpc) is 2.41. The molecule has 0 spiro atoms. The van der Waals surface area contributed by atoms with E-state index in [4.69, 9.17) is 0 Å². The van der Waals surface area contributed by atoms with Crippen molar-refractivity contribution < 1.29 is 0 Å². The molecule has 0 saturated heterocycles. The van der Waals surface area contributed by atoms with Gasteiger partial charge in [-0.05, 0) is 58.1 Å². The minimum atomic E-state index is 1.16. The first-order chi connectivity index (χ1) is 10.3. The van der Waals surface area contributed by atoms with Crippen LogP contribution in [-0.4, -0.2) is 0 Å². The molecule has 0 aromatic heterocycles. The second-order valence-electron chi connectivity index (χ2n) is 6.29. The Kier molecular flexibility index (Phi) is 15.3. The van der Waals surface area contributed by atoms with Gasteiger partial charge < -0.3 is 0 Å². The fraction of sp³-hybridized carbons (Fsp3) is 0.545. The predicted molar refractivity (Wildman–Crippen MR) is 105 cm³/mol. The Balaban J connectivity index is 0. The molecule has 0 aliphatic heterocycles. The summed E-state index contributed by atoms with van der Waals surface area (Å²) >= 11 is 0. The van der Waals surface area contributed by atoms with Gasteiger partial charge in [-0.2, -0.15) is 0 Å².